The molecule has 0 N–H and O–H groups in total. The Bertz CT molecular complexity index is 116. The van der Waals surface area contributed by atoms with E-state index in [0.29, 0.717) is 5.92 Å². The van der Waals surface area contributed by atoms with Crippen LogP contribution in [-0.2, 0) is 0 Å². The Kier molecular flexibility index (Phi) is 5.10. The van der Waals surface area contributed by atoms with Gasteiger partial charge >= 0.3 is 0 Å². The molecule has 0 aliphatic carbocycles. The average molecular weight is 160 g/mol. The van der Waals surface area contributed by atoms with Gasteiger partial charge in [0.05, 0.1) is 4.20 Å². The van der Waals surface area contributed by atoms with Crippen molar-refractivity contribution in [3.63, 3.8) is 0 Å². The molecule has 0 aromatic rings. The number of thioether (sulfide) groups is 1. The summed E-state index contributed by atoms with van der Waals surface area (Å²) in [6.07, 6.45) is 6.16. The first-order valence-corrected chi connectivity index (χ1v) is 4.56. The van der Waals surface area contributed by atoms with Gasteiger partial charge in [-0.05, 0) is 13.2 Å². The highest BCUT2D eigenvalue weighted by Gasteiger charge is 2.00. The van der Waals surface area contributed by atoms with E-state index in [2.05, 4.69) is 13.0 Å². The van der Waals surface area contributed by atoms with Gasteiger partial charge in [0.15, 0.2) is 0 Å². The molecule has 9 heavy (non-hydrogen) atoms. The molecule has 0 radical (unpaired) electrons. The first-order chi connectivity index (χ1) is 4.22. The second-order valence-electron chi connectivity index (χ2n) is 1.84. The molecule has 52 valence electrons. The third kappa shape index (κ3) is 3.71. The maximum atomic E-state index is 5.06. The Morgan fingerprint density at radius 2 is 2.22 bits per heavy atom. The number of thiocarbonyl (C=S) groups is 1. The van der Waals surface area contributed by atoms with Gasteiger partial charge in [0.25, 0.3) is 0 Å². The van der Waals surface area contributed by atoms with Crippen molar-refractivity contribution in [2.24, 2.45) is 5.92 Å². The lowest BCUT2D eigenvalue weighted by atomic mass is 10.2. The van der Waals surface area contributed by atoms with Crippen LogP contribution in [0.2, 0.25) is 0 Å². The van der Waals surface area contributed by atoms with Gasteiger partial charge in [-0.2, -0.15) is 0 Å². The van der Waals surface area contributed by atoms with Crippen LogP contribution < -0.4 is 0 Å². The number of hydrogen-bond acceptors (Lipinski definition) is 2. The average Bonchev–Trinajstić information content (AvgIpc) is 1.87. The van der Waals surface area contributed by atoms with E-state index in [1.807, 2.05) is 19.3 Å². The Morgan fingerprint density at radius 1 is 1.67 bits per heavy atom. The number of allylic oxidation sites excluding steroid dienone is 2. The molecular weight excluding hydrogens is 148 g/mol. The molecule has 0 aliphatic heterocycles. The first-order valence-electron chi connectivity index (χ1n) is 2.93. The Hall–Kier alpha value is 0.180. The normalized spacial score (nSPS) is 14.1. The summed E-state index contributed by atoms with van der Waals surface area (Å²) < 4.78 is 1.06. The van der Waals surface area contributed by atoms with Crippen molar-refractivity contribution in [1.82, 2.24) is 0 Å². The van der Waals surface area contributed by atoms with Gasteiger partial charge in [-0.1, -0.05) is 31.3 Å². The molecule has 0 saturated heterocycles. The summed E-state index contributed by atoms with van der Waals surface area (Å²) in [6, 6.07) is 0. The fourth-order valence-electron chi connectivity index (χ4n) is 0.553. The third-order valence-corrected chi connectivity index (χ3v) is 2.70. The predicted molar refractivity (Wildman–Crippen MR) is 50.1 cm³/mol. The smallest absolute Gasteiger partial charge is 0.0541 e. The molecule has 0 bridgehead atoms. The second-order valence-corrected chi connectivity index (χ2v) is 3.38. The molecule has 0 saturated carbocycles. The third-order valence-electron chi connectivity index (χ3n) is 1.05. The van der Waals surface area contributed by atoms with Crippen molar-refractivity contribution in [3.05, 3.63) is 12.2 Å². The molecule has 0 amide bonds. The fourth-order valence-corrected chi connectivity index (χ4v) is 1.08. The second kappa shape index (κ2) is 5.00. The molecule has 0 rings (SSSR count). The van der Waals surface area contributed by atoms with Gasteiger partial charge in [-0.3, -0.25) is 0 Å². The van der Waals surface area contributed by atoms with E-state index in [1.54, 1.807) is 11.8 Å². The van der Waals surface area contributed by atoms with Crippen LogP contribution in [0.15, 0.2) is 12.2 Å². The van der Waals surface area contributed by atoms with Gasteiger partial charge in [-0.15, -0.1) is 11.8 Å². The van der Waals surface area contributed by atoms with Crippen molar-refractivity contribution < 1.29 is 0 Å². The van der Waals surface area contributed by atoms with E-state index in [9.17, 15) is 0 Å². The molecule has 1 atom stereocenters. The first kappa shape index (κ1) is 9.18. The molecule has 0 aliphatic rings. The molecule has 0 aromatic heterocycles. The largest absolute Gasteiger partial charge is 0.122 e. The summed E-state index contributed by atoms with van der Waals surface area (Å²) in [6.45, 7) is 4.12. The minimum absolute atomic E-state index is 0.444. The maximum absolute atomic E-state index is 5.06. The van der Waals surface area contributed by atoms with Gasteiger partial charge in [0.1, 0.15) is 0 Å². The molecule has 2 heteroatoms. The van der Waals surface area contributed by atoms with Crippen LogP contribution in [-0.4, -0.2) is 10.5 Å². The van der Waals surface area contributed by atoms with Gasteiger partial charge in [0.2, 0.25) is 0 Å². The predicted octanol–water partition coefficient (Wildman–Crippen LogP) is 2.89. The van der Waals surface area contributed by atoms with Crippen molar-refractivity contribution in [1.29, 1.82) is 0 Å². The molecular formula is C7H12S2. The monoisotopic (exact) mass is 160 g/mol. The minimum Gasteiger partial charge on any atom is -0.122 e. The zero-order chi connectivity index (χ0) is 7.28. The van der Waals surface area contributed by atoms with E-state index in [0.717, 1.165) is 4.20 Å². The molecule has 0 aromatic carbocycles. The van der Waals surface area contributed by atoms with Crippen molar-refractivity contribution in [2.45, 2.75) is 13.8 Å². The van der Waals surface area contributed by atoms with Crippen molar-refractivity contribution in [3.8, 4) is 0 Å². The highest BCUT2D eigenvalue weighted by atomic mass is 32.2. The van der Waals surface area contributed by atoms with Crippen LogP contribution in [0.5, 0.6) is 0 Å². The summed E-state index contributed by atoms with van der Waals surface area (Å²) in [4.78, 5) is 0. The Balaban J connectivity index is 3.72. The lowest BCUT2D eigenvalue weighted by molar-refractivity contribution is 1.03. The lowest BCUT2D eigenvalue weighted by Gasteiger charge is -2.02. The molecule has 0 spiro atoms. The number of rotatable bonds is 2. The standard InChI is InChI=1S/C7H12S2/c1-4-5-6(2)7(8)9-3/h4-6H,1-3H3/b5-4+. The van der Waals surface area contributed by atoms with Gasteiger partial charge < -0.3 is 0 Å². The summed E-state index contributed by atoms with van der Waals surface area (Å²) in [5, 5.41) is 0. The van der Waals surface area contributed by atoms with Gasteiger partial charge in [-0.25, -0.2) is 0 Å². The van der Waals surface area contributed by atoms with Crippen LogP contribution in [0, 0.1) is 5.92 Å². The van der Waals surface area contributed by atoms with Gasteiger partial charge in [0, 0.05) is 5.92 Å². The molecule has 0 fully saturated rings. The minimum atomic E-state index is 0.444. The summed E-state index contributed by atoms with van der Waals surface area (Å²) in [7, 11) is 0. The van der Waals surface area contributed by atoms with Crippen molar-refractivity contribution >= 4 is 28.2 Å². The fraction of sp³-hybridized carbons (Fsp3) is 0.571. The van der Waals surface area contributed by atoms with E-state index in [1.165, 1.54) is 0 Å². The lowest BCUT2D eigenvalue weighted by Crippen LogP contribution is -1.98. The topological polar surface area (TPSA) is 0 Å². The summed E-state index contributed by atoms with van der Waals surface area (Å²) >= 11 is 6.71. The van der Waals surface area contributed by atoms with E-state index >= 15 is 0 Å². The quantitative estimate of drug-likeness (QED) is 0.450. The number of hydrogen-bond donors (Lipinski definition) is 0. The van der Waals surface area contributed by atoms with Crippen LogP contribution >= 0.6 is 24.0 Å². The molecule has 0 heterocycles. The highest BCUT2D eigenvalue weighted by Crippen LogP contribution is 2.10. The maximum Gasteiger partial charge on any atom is 0.0541 e. The SMILES string of the molecule is C/C=C/C(C)C(=S)SC. The molecule has 1 unspecified atom stereocenters. The molecule has 0 nitrogen and oxygen atoms in total. The van der Waals surface area contributed by atoms with E-state index in [-0.39, 0.29) is 0 Å². The summed E-state index contributed by atoms with van der Waals surface area (Å²) in [5.74, 6) is 0.444. The zero-order valence-corrected chi connectivity index (χ0v) is 7.68. The van der Waals surface area contributed by atoms with Crippen LogP contribution in [0.3, 0.4) is 0 Å². The van der Waals surface area contributed by atoms with Crippen LogP contribution in [0.4, 0.5) is 0 Å². The van der Waals surface area contributed by atoms with Crippen LogP contribution in [0.1, 0.15) is 13.8 Å². The highest BCUT2D eigenvalue weighted by molar-refractivity contribution is 8.22. The van der Waals surface area contributed by atoms with E-state index in [4.69, 9.17) is 12.2 Å². The zero-order valence-electron chi connectivity index (χ0n) is 6.05. The Morgan fingerprint density at radius 3 is 2.56 bits per heavy atom. The summed E-state index contributed by atoms with van der Waals surface area (Å²) in [5.41, 5.74) is 0. The van der Waals surface area contributed by atoms with E-state index < -0.39 is 0 Å². The van der Waals surface area contributed by atoms with Crippen molar-refractivity contribution in [2.75, 3.05) is 6.26 Å². The van der Waals surface area contributed by atoms with Crippen LogP contribution in [0.25, 0.3) is 0 Å². The Labute approximate surface area is 66.7 Å².